The van der Waals surface area contributed by atoms with Crippen LogP contribution in [-0.4, -0.2) is 47.4 Å². The topological polar surface area (TPSA) is 95.9 Å². The van der Waals surface area contributed by atoms with Gasteiger partial charge < -0.3 is 20.3 Å². The summed E-state index contributed by atoms with van der Waals surface area (Å²) in [5, 5.41) is 23.4. The summed E-state index contributed by atoms with van der Waals surface area (Å²) < 4.78 is 5.47. The number of rotatable bonds is 64. The molecule has 0 aliphatic heterocycles. The molecule has 1 amide bonds. The van der Waals surface area contributed by atoms with E-state index in [1.165, 1.54) is 321 Å². The Hall–Kier alpha value is -1.14. The van der Waals surface area contributed by atoms with Crippen LogP contribution in [0.15, 0.2) is 0 Å². The van der Waals surface area contributed by atoms with Gasteiger partial charge in [-0.15, -0.1) is 0 Å². The molecule has 0 rings (SSSR count). The van der Waals surface area contributed by atoms with Gasteiger partial charge in [-0.25, -0.2) is 0 Å². The summed E-state index contributed by atoms with van der Waals surface area (Å²) in [5.41, 5.74) is 0. The third-order valence-electron chi connectivity index (χ3n) is 16.2. The zero-order valence-corrected chi connectivity index (χ0v) is 49.9. The fourth-order valence-corrected chi connectivity index (χ4v) is 11.0. The van der Waals surface area contributed by atoms with E-state index in [1.807, 2.05) is 0 Å². The lowest BCUT2D eigenvalue weighted by Crippen LogP contribution is -2.45. The zero-order chi connectivity index (χ0) is 52.9. The predicted octanol–water partition coefficient (Wildman–Crippen LogP) is 21.4. The van der Waals surface area contributed by atoms with E-state index in [4.69, 9.17) is 4.74 Å². The average Bonchev–Trinajstić information content (AvgIpc) is 3.39. The van der Waals surface area contributed by atoms with Crippen LogP contribution in [0.25, 0.3) is 0 Å². The fraction of sp³-hybridized carbons (Fsp3) is 0.970. The van der Waals surface area contributed by atoms with Gasteiger partial charge in [-0.3, -0.25) is 9.59 Å². The molecule has 3 N–H and O–H groups in total. The molecule has 73 heavy (non-hydrogen) atoms. The largest absolute Gasteiger partial charge is 0.466 e. The normalized spacial score (nSPS) is 12.4. The van der Waals surface area contributed by atoms with Crippen LogP contribution in [0.5, 0.6) is 0 Å². The second kappa shape index (κ2) is 63.4. The number of unbranched alkanes of at least 4 members (excludes halogenated alkanes) is 53. The van der Waals surface area contributed by atoms with E-state index in [0.29, 0.717) is 25.9 Å². The smallest absolute Gasteiger partial charge is 0.305 e. The molecule has 0 radical (unpaired) electrons. The Kier molecular flexibility index (Phi) is 62.4. The number of ether oxygens (including phenoxy) is 1. The van der Waals surface area contributed by atoms with Crippen molar-refractivity contribution in [3.8, 4) is 0 Å². The monoisotopic (exact) mass is 1030 g/mol. The minimum Gasteiger partial charge on any atom is -0.466 e. The van der Waals surface area contributed by atoms with Crippen LogP contribution in [0.3, 0.4) is 0 Å². The predicted molar refractivity (Wildman–Crippen MR) is 320 cm³/mol. The standard InChI is InChI=1S/C67H133NO5/c1-3-5-7-9-11-13-15-16-17-18-19-20-21-22-23-24-27-30-33-36-40-43-47-51-55-59-65(70)64(63-69)68-66(71)60-56-52-48-44-41-37-34-31-28-25-26-29-32-35-38-42-46-50-54-58-62-73-67(72)61-57-53-49-45-39-14-12-10-8-6-4-2/h64-65,69-70H,3-63H2,1-2H3,(H,68,71). The first kappa shape index (κ1) is 71.9. The third-order valence-corrected chi connectivity index (χ3v) is 16.2. The number of carbonyl (C=O) groups excluding carboxylic acids is 2. The Bertz CT molecular complexity index is 1050. The van der Waals surface area contributed by atoms with Gasteiger partial charge in [-0.1, -0.05) is 354 Å². The molecule has 436 valence electrons. The van der Waals surface area contributed by atoms with Crippen molar-refractivity contribution in [2.24, 2.45) is 0 Å². The van der Waals surface area contributed by atoms with E-state index >= 15 is 0 Å². The summed E-state index contributed by atoms with van der Waals surface area (Å²) in [7, 11) is 0. The lowest BCUT2D eigenvalue weighted by molar-refractivity contribution is -0.143. The van der Waals surface area contributed by atoms with Crippen molar-refractivity contribution in [3.63, 3.8) is 0 Å². The van der Waals surface area contributed by atoms with Crippen molar-refractivity contribution < 1.29 is 24.5 Å². The number of aliphatic hydroxyl groups excluding tert-OH is 2. The fourth-order valence-electron chi connectivity index (χ4n) is 11.0. The van der Waals surface area contributed by atoms with Crippen molar-refractivity contribution in [3.05, 3.63) is 0 Å². The van der Waals surface area contributed by atoms with Gasteiger partial charge in [-0.05, 0) is 25.7 Å². The quantitative estimate of drug-likeness (QED) is 0.0417. The van der Waals surface area contributed by atoms with Gasteiger partial charge in [-0.2, -0.15) is 0 Å². The van der Waals surface area contributed by atoms with Crippen LogP contribution < -0.4 is 5.32 Å². The minimum atomic E-state index is -0.666. The Morgan fingerprint density at radius 2 is 0.562 bits per heavy atom. The first-order chi connectivity index (χ1) is 36.0. The lowest BCUT2D eigenvalue weighted by atomic mass is 10.0. The molecule has 0 spiro atoms. The SMILES string of the molecule is CCCCCCCCCCCCCCCCCCCCCCCCCCCC(O)C(CO)NC(=O)CCCCCCCCCCCCCCCCCCCCCCOC(=O)CCCCCCCCCCCCC. The van der Waals surface area contributed by atoms with Crippen LogP contribution in [0.4, 0.5) is 0 Å². The van der Waals surface area contributed by atoms with Gasteiger partial charge in [0.15, 0.2) is 0 Å². The van der Waals surface area contributed by atoms with Crippen LogP contribution in [0.2, 0.25) is 0 Å². The second-order valence-electron chi connectivity index (χ2n) is 23.5. The first-order valence-electron chi connectivity index (χ1n) is 33.8. The van der Waals surface area contributed by atoms with Gasteiger partial charge in [0, 0.05) is 12.8 Å². The molecule has 0 aromatic rings. The highest BCUT2D eigenvalue weighted by Crippen LogP contribution is 2.19. The molecule has 0 saturated carbocycles. The van der Waals surface area contributed by atoms with Crippen molar-refractivity contribution in [1.82, 2.24) is 5.32 Å². The maximum Gasteiger partial charge on any atom is 0.305 e. The Morgan fingerprint density at radius 3 is 0.836 bits per heavy atom. The first-order valence-corrected chi connectivity index (χ1v) is 33.8. The number of hydrogen-bond acceptors (Lipinski definition) is 5. The van der Waals surface area contributed by atoms with Gasteiger partial charge >= 0.3 is 5.97 Å². The highest BCUT2D eigenvalue weighted by atomic mass is 16.5. The molecule has 0 aliphatic rings. The summed E-state index contributed by atoms with van der Waals surface area (Å²) in [4.78, 5) is 24.6. The van der Waals surface area contributed by atoms with Crippen molar-refractivity contribution in [1.29, 1.82) is 0 Å². The Labute approximate surface area is 457 Å². The van der Waals surface area contributed by atoms with E-state index in [9.17, 15) is 19.8 Å². The van der Waals surface area contributed by atoms with Gasteiger partial charge in [0.2, 0.25) is 5.91 Å². The summed E-state index contributed by atoms with van der Waals surface area (Å²) in [6.07, 6.45) is 75.6. The van der Waals surface area contributed by atoms with E-state index < -0.39 is 12.1 Å². The Balaban J connectivity index is 3.38. The maximum atomic E-state index is 12.5. The number of nitrogens with one attached hydrogen (secondary N) is 1. The molecule has 6 nitrogen and oxygen atoms in total. The maximum absolute atomic E-state index is 12.5. The zero-order valence-electron chi connectivity index (χ0n) is 49.9. The van der Waals surface area contributed by atoms with E-state index in [0.717, 1.165) is 38.5 Å². The minimum absolute atomic E-state index is 0.0118. The third kappa shape index (κ3) is 60.0. The van der Waals surface area contributed by atoms with Crippen LogP contribution in [-0.2, 0) is 14.3 Å². The van der Waals surface area contributed by atoms with Crippen LogP contribution in [0.1, 0.15) is 393 Å². The highest BCUT2D eigenvalue weighted by Gasteiger charge is 2.20. The Morgan fingerprint density at radius 1 is 0.329 bits per heavy atom. The van der Waals surface area contributed by atoms with Crippen LogP contribution >= 0.6 is 0 Å². The molecular weight excluding hydrogens is 899 g/mol. The molecule has 2 unspecified atom stereocenters. The number of aliphatic hydroxyl groups is 2. The van der Waals surface area contributed by atoms with Gasteiger partial charge in [0.05, 0.1) is 25.4 Å². The molecular formula is C67H133NO5. The number of hydrogen-bond donors (Lipinski definition) is 3. The molecule has 0 bridgehead atoms. The van der Waals surface area contributed by atoms with Crippen LogP contribution in [0, 0.1) is 0 Å². The summed E-state index contributed by atoms with van der Waals surface area (Å²) >= 11 is 0. The molecule has 0 saturated heterocycles. The second-order valence-corrected chi connectivity index (χ2v) is 23.5. The number of esters is 1. The molecule has 0 aromatic carbocycles. The summed E-state index contributed by atoms with van der Waals surface area (Å²) in [6.45, 7) is 4.99. The van der Waals surface area contributed by atoms with Gasteiger partial charge in [0.25, 0.3) is 0 Å². The number of carbonyl (C=O) groups is 2. The lowest BCUT2D eigenvalue weighted by Gasteiger charge is -2.22. The van der Waals surface area contributed by atoms with E-state index in [1.54, 1.807) is 0 Å². The van der Waals surface area contributed by atoms with E-state index in [-0.39, 0.29) is 18.5 Å². The molecule has 0 aliphatic carbocycles. The molecule has 0 aromatic heterocycles. The van der Waals surface area contributed by atoms with Crippen molar-refractivity contribution >= 4 is 11.9 Å². The average molecular weight is 1030 g/mol. The van der Waals surface area contributed by atoms with E-state index in [2.05, 4.69) is 19.2 Å². The van der Waals surface area contributed by atoms with Gasteiger partial charge in [0.1, 0.15) is 0 Å². The number of amides is 1. The molecule has 6 heteroatoms. The summed E-state index contributed by atoms with van der Waals surface area (Å²) in [6, 6.07) is -0.543. The van der Waals surface area contributed by atoms with Crippen molar-refractivity contribution in [2.45, 2.75) is 405 Å². The molecule has 0 heterocycles. The highest BCUT2D eigenvalue weighted by molar-refractivity contribution is 5.76. The molecule has 0 fully saturated rings. The summed E-state index contributed by atoms with van der Waals surface area (Å²) in [5.74, 6) is -0.0193. The molecule has 2 atom stereocenters. The van der Waals surface area contributed by atoms with Crippen molar-refractivity contribution in [2.75, 3.05) is 13.2 Å².